The van der Waals surface area contributed by atoms with Crippen LogP contribution in [0.3, 0.4) is 0 Å². The molecule has 35 heavy (non-hydrogen) atoms. The Morgan fingerprint density at radius 2 is 1.89 bits per heavy atom. The van der Waals surface area contributed by atoms with Crippen molar-refractivity contribution >= 4 is 60.9 Å². The summed E-state index contributed by atoms with van der Waals surface area (Å²) in [5.41, 5.74) is 0.581. The smallest absolute Gasteiger partial charge is 0.358 e. The van der Waals surface area contributed by atoms with Crippen LogP contribution in [0.1, 0.15) is 6.92 Å². The zero-order valence-corrected chi connectivity index (χ0v) is 21.1. The van der Waals surface area contributed by atoms with Gasteiger partial charge >= 0.3 is 5.97 Å². The number of aromatic nitrogens is 1. The number of thiazole rings is 1. The van der Waals surface area contributed by atoms with Crippen LogP contribution in [0.25, 0.3) is 10.2 Å². The molecule has 1 aromatic heterocycles. The van der Waals surface area contributed by atoms with Crippen molar-refractivity contribution in [2.75, 3.05) is 13.7 Å². The summed E-state index contributed by atoms with van der Waals surface area (Å²) in [6, 6.07) is 15.6. The summed E-state index contributed by atoms with van der Waals surface area (Å²) in [7, 11) is 3.72. The molecule has 182 valence electrons. The largest absolute Gasteiger partial charge is 0.510 e. The molecule has 0 saturated carbocycles. The van der Waals surface area contributed by atoms with E-state index in [0.717, 1.165) is 26.6 Å². The molecule has 0 spiro atoms. The number of allylic oxidation sites excluding steroid dienone is 1. The Labute approximate surface area is 212 Å². The van der Waals surface area contributed by atoms with E-state index >= 15 is 0 Å². The fourth-order valence-electron chi connectivity index (χ4n) is 3.31. The van der Waals surface area contributed by atoms with Crippen molar-refractivity contribution in [3.05, 3.63) is 66.1 Å². The molecular weight excluding hydrogens is 510 g/mol. The highest BCUT2D eigenvalue weighted by Gasteiger charge is 2.53. The number of nitrogens with one attached hydrogen (secondary N) is 1. The maximum atomic E-state index is 13.0. The van der Waals surface area contributed by atoms with E-state index in [1.54, 1.807) is 24.3 Å². The van der Waals surface area contributed by atoms with E-state index in [9.17, 15) is 19.5 Å². The second-order valence-corrected chi connectivity index (χ2v) is 10.9. The van der Waals surface area contributed by atoms with Gasteiger partial charge in [-0.2, -0.15) is 0 Å². The summed E-state index contributed by atoms with van der Waals surface area (Å²) >= 11 is 1.49. The Balaban J connectivity index is 1.49. The molecule has 0 radical (unpaired) electrons. The molecule has 2 aromatic carbocycles. The molecule has 12 heteroatoms. The van der Waals surface area contributed by atoms with Gasteiger partial charge in [0.1, 0.15) is 22.9 Å². The first-order valence-corrected chi connectivity index (χ1v) is 13.4. The third-order valence-electron chi connectivity index (χ3n) is 4.93. The van der Waals surface area contributed by atoms with Crippen LogP contribution in [-0.4, -0.2) is 57.9 Å². The first kappa shape index (κ1) is 24.9. The molecule has 1 aliphatic heterocycles. The molecule has 0 aliphatic carbocycles. The summed E-state index contributed by atoms with van der Waals surface area (Å²) in [5, 5.41) is 12.1. The molecule has 2 amide bonds. The number of esters is 1. The van der Waals surface area contributed by atoms with Gasteiger partial charge in [-0.05, 0) is 42.0 Å². The topological polar surface area (TPSA) is 118 Å². The standard InChI is InChI=1S/C23H21N3O6S3/c1-13(27)19(22(30)31-2)26-20(29)18(25-17(28)12-32-14-8-4-3-5-9-14)21(26)34-35-23-24-15-10-6-7-11-16(15)33-23/h3-11,18,21,27H,12H2,1-2H3,(H,25,28)/b19-13+. The number of ether oxygens (including phenoxy) is 2. The maximum Gasteiger partial charge on any atom is 0.358 e. The predicted molar refractivity (Wildman–Crippen MR) is 135 cm³/mol. The van der Waals surface area contributed by atoms with Crippen LogP contribution in [0.4, 0.5) is 0 Å². The van der Waals surface area contributed by atoms with Crippen molar-refractivity contribution in [3.8, 4) is 5.75 Å². The summed E-state index contributed by atoms with van der Waals surface area (Å²) < 4.78 is 12.0. The van der Waals surface area contributed by atoms with Crippen LogP contribution in [0, 0.1) is 0 Å². The molecule has 2 N–H and O–H groups in total. The van der Waals surface area contributed by atoms with Crippen LogP contribution >= 0.6 is 32.9 Å². The number of carbonyl (C=O) groups excluding carboxylic acids is 3. The van der Waals surface area contributed by atoms with Crippen LogP contribution < -0.4 is 10.1 Å². The lowest BCUT2D eigenvalue weighted by molar-refractivity contribution is -0.152. The second-order valence-electron chi connectivity index (χ2n) is 7.30. The number of likely N-dealkylation sites (tertiary alicyclic amines) is 1. The molecule has 9 nitrogen and oxygen atoms in total. The number of rotatable bonds is 9. The van der Waals surface area contributed by atoms with E-state index in [-0.39, 0.29) is 18.1 Å². The number of para-hydroxylation sites is 2. The number of nitrogens with zero attached hydrogens (tertiary/aromatic N) is 2. The minimum Gasteiger partial charge on any atom is -0.510 e. The van der Waals surface area contributed by atoms with Crippen molar-refractivity contribution in [2.45, 2.75) is 22.7 Å². The van der Waals surface area contributed by atoms with Gasteiger partial charge in [0.05, 0.1) is 17.3 Å². The van der Waals surface area contributed by atoms with Gasteiger partial charge in [0.15, 0.2) is 16.6 Å². The van der Waals surface area contributed by atoms with Gasteiger partial charge in [-0.15, -0.1) is 11.3 Å². The molecule has 2 atom stereocenters. The zero-order chi connectivity index (χ0) is 24.9. The van der Waals surface area contributed by atoms with Crippen molar-refractivity contribution in [1.29, 1.82) is 0 Å². The third-order valence-corrected chi connectivity index (χ3v) is 8.94. The molecule has 2 heterocycles. The third kappa shape index (κ3) is 5.55. The second kappa shape index (κ2) is 11.0. The number of amides is 2. The number of methoxy groups -OCH3 is 1. The Kier molecular flexibility index (Phi) is 7.83. The Morgan fingerprint density at radius 1 is 1.17 bits per heavy atom. The summed E-state index contributed by atoms with van der Waals surface area (Å²) in [6.07, 6.45) is 0. The highest BCUT2D eigenvalue weighted by molar-refractivity contribution is 8.77. The molecule has 4 rings (SSSR count). The monoisotopic (exact) mass is 531 g/mol. The Morgan fingerprint density at radius 3 is 2.57 bits per heavy atom. The highest BCUT2D eigenvalue weighted by Crippen LogP contribution is 2.45. The fourth-order valence-corrected chi connectivity index (χ4v) is 7.22. The first-order valence-electron chi connectivity index (χ1n) is 10.4. The average molecular weight is 532 g/mol. The van der Waals surface area contributed by atoms with Gasteiger partial charge in [-0.25, -0.2) is 9.78 Å². The van der Waals surface area contributed by atoms with Gasteiger partial charge in [-0.3, -0.25) is 14.5 Å². The number of aliphatic hydroxyl groups excluding tert-OH is 1. The molecule has 1 fully saturated rings. The Bertz CT molecular complexity index is 1240. The average Bonchev–Trinajstić information content (AvgIpc) is 3.28. The van der Waals surface area contributed by atoms with Crippen molar-refractivity contribution in [2.24, 2.45) is 0 Å². The molecule has 1 aliphatic rings. The van der Waals surface area contributed by atoms with E-state index in [1.807, 2.05) is 30.3 Å². The SMILES string of the molecule is COC(=O)/C(=C(/C)O)N1C(=O)C(NC(=O)COc2ccccc2)C1SSc1nc2ccccc2s1. The number of hydrogen-bond donors (Lipinski definition) is 2. The van der Waals surface area contributed by atoms with Crippen LogP contribution in [0.15, 0.2) is 70.4 Å². The lowest BCUT2D eigenvalue weighted by Gasteiger charge is -2.46. The van der Waals surface area contributed by atoms with Crippen LogP contribution in [0.2, 0.25) is 0 Å². The number of β-lactam (4-membered cyclic amide) rings is 1. The minimum absolute atomic E-state index is 0.272. The molecule has 3 aromatic rings. The van der Waals surface area contributed by atoms with E-state index in [4.69, 9.17) is 9.47 Å². The summed E-state index contributed by atoms with van der Waals surface area (Å²) in [6.45, 7) is 1.01. The number of fused-ring (bicyclic) bond motifs is 1. The maximum absolute atomic E-state index is 13.0. The van der Waals surface area contributed by atoms with Gasteiger partial charge < -0.3 is 19.9 Å². The van der Waals surface area contributed by atoms with Crippen LogP contribution in [0.5, 0.6) is 5.75 Å². The number of hydrogen-bond acceptors (Lipinski definition) is 10. The van der Waals surface area contributed by atoms with E-state index in [2.05, 4.69) is 10.3 Å². The van der Waals surface area contributed by atoms with E-state index < -0.39 is 29.2 Å². The number of aliphatic hydroxyl groups is 1. The summed E-state index contributed by atoms with van der Waals surface area (Å²) in [5.74, 6) is -1.74. The van der Waals surface area contributed by atoms with Gasteiger partial charge in [0, 0.05) is 0 Å². The molecule has 1 saturated heterocycles. The number of carbonyl (C=O) groups is 3. The van der Waals surface area contributed by atoms with Gasteiger partial charge in [0.25, 0.3) is 11.8 Å². The lowest BCUT2D eigenvalue weighted by Crippen LogP contribution is -2.69. The molecule has 0 bridgehead atoms. The van der Waals surface area contributed by atoms with E-state index in [1.165, 1.54) is 39.8 Å². The van der Waals surface area contributed by atoms with Crippen LogP contribution in [-0.2, 0) is 19.1 Å². The van der Waals surface area contributed by atoms with Crippen molar-refractivity contribution in [1.82, 2.24) is 15.2 Å². The number of benzene rings is 2. The molecular formula is C23H21N3O6S3. The normalized spacial score (nSPS) is 18.0. The van der Waals surface area contributed by atoms with Crippen molar-refractivity contribution < 1.29 is 29.0 Å². The minimum atomic E-state index is -0.937. The lowest BCUT2D eigenvalue weighted by atomic mass is 10.1. The molecule has 2 unspecified atom stereocenters. The predicted octanol–water partition coefficient (Wildman–Crippen LogP) is 3.73. The fraction of sp³-hybridized carbons (Fsp3) is 0.217. The zero-order valence-electron chi connectivity index (χ0n) is 18.7. The first-order chi connectivity index (χ1) is 16.9. The van der Waals surface area contributed by atoms with Gasteiger partial charge in [-0.1, -0.05) is 41.1 Å². The quantitative estimate of drug-likeness (QED) is 0.140. The highest BCUT2D eigenvalue weighted by atomic mass is 33.1. The van der Waals surface area contributed by atoms with Gasteiger partial charge in [0.2, 0.25) is 0 Å². The van der Waals surface area contributed by atoms with E-state index in [0.29, 0.717) is 5.75 Å². The Hall–Kier alpha value is -3.22. The summed E-state index contributed by atoms with van der Waals surface area (Å²) in [4.78, 5) is 43.5. The van der Waals surface area contributed by atoms with Crippen molar-refractivity contribution in [3.63, 3.8) is 0 Å².